The molecule has 2 aliphatic rings. The number of para-hydroxylation sites is 1. The normalized spacial score (nSPS) is 20.6. The van der Waals surface area contributed by atoms with E-state index >= 15 is 0 Å². The summed E-state index contributed by atoms with van der Waals surface area (Å²) in [6, 6.07) is 16.5. The van der Waals surface area contributed by atoms with Crippen LogP contribution in [-0.2, 0) is 15.7 Å². The van der Waals surface area contributed by atoms with E-state index in [9.17, 15) is 18.0 Å². The first-order valence-electron chi connectivity index (χ1n) is 12.0. The lowest BCUT2D eigenvalue weighted by atomic mass is 10.0. The Morgan fingerprint density at radius 1 is 1.13 bits per heavy atom. The van der Waals surface area contributed by atoms with Crippen molar-refractivity contribution in [2.75, 3.05) is 24.4 Å². The van der Waals surface area contributed by atoms with Crippen LogP contribution in [0.5, 0.6) is 0 Å². The number of anilines is 2. The Morgan fingerprint density at radius 3 is 2.67 bits per heavy atom. The average molecular weight is 555 g/mol. The predicted molar refractivity (Wildman–Crippen MR) is 138 cm³/mol. The van der Waals surface area contributed by atoms with Crippen molar-refractivity contribution >= 4 is 34.7 Å². The van der Waals surface area contributed by atoms with Gasteiger partial charge in [0.2, 0.25) is 6.17 Å². The van der Waals surface area contributed by atoms with Crippen molar-refractivity contribution in [3.8, 4) is 11.6 Å². The Labute approximate surface area is 224 Å². The number of hydrogen-bond acceptors (Lipinski definition) is 9. The summed E-state index contributed by atoms with van der Waals surface area (Å²) in [6.45, 7) is 0.431. The van der Waals surface area contributed by atoms with Crippen LogP contribution in [0, 0.1) is 5.92 Å². The lowest BCUT2D eigenvalue weighted by molar-refractivity contribution is -0.137. The summed E-state index contributed by atoms with van der Waals surface area (Å²) in [5, 5.41) is 12.5. The number of amides is 1. The van der Waals surface area contributed by atoms with Crippen LogP contribution in [0.15, 0.2) is 64.0 Å². The van der Waals surface area contributed by atoms with E-state index in [0.717, 1.165) is 11.1 Å². The number of hydrogen-bond donors (Lipinski definition) is 2. The van der Waals surface area contributed by atoms with E-state index < -0.39 is 23.3 Å². The van der Waals surface area contributed by atoms with E-state index in [1.807, 2.05) is 42.5 Å². The number of carbonyl (C=O) groups is 1. The van der Waals surface area contributed by atoms with Crippen LogP contribution in [0.2, 0.25) is 0 Å². The molecule has 200 valence electrons. The van der Waals surface area contributed by atoms with Crippen molar-refractivity contribution in [2.45, 2.75) is 24.7 Å². The van der Waals surface area contributed by atoms with Gasteiger partial charge in [-0.3, -0.25) is 4.79 Å². The smallest absolute Gasteiger partial charge is 0.402 e. The van der Waals surface area contributed by atoms with E-state index in [1.54, 1.807) is 19.2 Å². The highest BCUT2D eigenvalue weighted by molar-refractivity contribution is 7.12. The monoisotopic (exact) mass is 554 g/mol. The van der Waals surface area contributed by atoms with E-state index in [-0.39, 0.29) is 29.4 Å². The number of rotatable bonds is 7. The van der Waals surface area contributed by atoms with Crippen LogP contribution in [-0.4, -0.2) is 46.7 Å². The number of nitrogens with zero attached hydrogens (tertiary/aromatic N) is 4. The molecule has 1 fully saturated rings. The minimum absolute atomic E-state index is 0.0114. The summed E-state index contributed by atoms with van der Waals surface area (Å²) in [5.74, 6) is -0.687. The average Bonchev–Trinajstić information content (AvgIpc) is 3.33. The Kier molecular flexibility index (Phi) is 6.39. The van der Waals surface area contributed by atoms with Crippen molar-refractivity contribution in [2.24, 2.45) is 10.9 Å². The van der Waals surface area contributed by atoms with Gasteiger partial charge in [0, 0.05) is 35.6 Å². The van der Waals surface area contributed by atoms with Gasteiger partial charge in [0.05, 0.1) is 11.4 Å². The van der Waals surface area contributed by atoms with Gasteiger partial charge in [-0.1, -0.05) is 53.6 Å². The lowest BCUT2D eigenvalue weighted by Crippen LogP contribution is -2.32. The molecule has 0 bridgehead atoms. The highest BCUT2D eigenvalue weighted by Gasteiger charge is 2.45. The summed E-state index contributed by atoms with van der Waals surface area (Å²) >= 11 is 0.575. The molecule has 0 unspecified atom stereocenters. The van der Waals surface area contributed by atoms with Crippen LogP contribution < -0.4 is 10.6 Å². The zero-order valence-corrected chi connectivity index (χ0v) is 21.2. The Balaban J connectivity index is 1.32. The van der Waals surface area contributed by atoms with Gasteiger partial charge in [0.25, 0.3) is 11.8 Å². The molecule has 1 aliphatic carbocycles. The van der Waals surface area contributed by atoms with Crippen LogP contribution in [0.25, 0.3) is 11.6 Å². The van der Waals surface area contributed by atoms with Gasteiger partial charge >= 0.3 is 12.2 Å². The second-order valence-corrected chi connectivity index (χ2v) is 10.2. The van der Waals surface area contributed by atoms with Crippen molar-refractivity contribution in [3.05, 3.63) is 75.6 Å². The molecule has 0 spiro atoms. The summed E-state index contributed by atoms with van der Waals surface area (Å²) in [6.07, 6.45) is -5.09. The molecule has 2 aromatic heterocycles. The number of nitrogens with one attached hydrogen (secondary N) is 2. The standard InChI is InChI=1S/C26H21F3N6O3S/c1-37-12-14-11-16(14)20-19(32-24(39-20)26(27,28)29)23-34-35-25(38-23)33-21-22(36)30-17-10-6-5-9-15(17)18(31-21)13-7-3-2-4-8-13/h2-10,14,16,21H,11-12H2,1H3,(H,30,36)(H,33,35)/t14-,16+,21+/m0/s1. The SMILES string of the molecule is COC[C@@H]1C[C@H]1c1sc(C(F)(F)F)nc1-c1nnc(N[C@H]2N=C(c3ccccc3)c3ccccc3NC2=O)o1. The Morgan fingerprint density at radius 2 is 1.90 bits per heavy atom. The van der Waals surface area contributed by atoms with Crippen molar-refractivity contribution in [3.63, 3.8) is 0 Å². The van der Waals surface area contributed by atoms with Crippen LogP contribution in [0.1, 0.15) is 33.4 Å². The quantitative estimate of drug-likeness (QED) is 0.323. The second-order valence-electron chi connectivity index (χ2n) is 9.13. The number of carbonyl (C=O) groups excluding carboxylic acids is 1. The molecule has 1 amide bonds. The number of aromatic nitrogens is 3. The first kappa shape index (κ1) is 25.2. The molecule has 39 heavy (non-hydrogen) atoms. The maximum atomic E-state index is 13.5. The molecule has 1 saturated carbocycles. The molecule has 3 atom stereocenters. The van der Waals surface area contributed by atoms with Crippen LogP contribution in [0.3, 0.4) is 0 Å². The van der Waals surface area contributed by atoms with Gasteiger partial charge in [-0.15, -0.1) is 16.4 Å². The molecular weight excluding hydrogens is 533 g/mol. The van der Waals surface area contributed by atoms with Gasteiger partial charge in [-0.2, -0.15) is 13.2 Å². The van der Waals surface area contributed by atoms with Crippen molar-refractivity contribution in [1.29, 1.82) is 0 Å². The Bertz CT molecular complexity index is 1550. The molecule has 6 rings (SSSR count). The summed E-state index contributed by atoms with van der Waals surface area (Å²) in [7, 11) is 1.55. The highest BCUT2D eigenvalue weighted by atomic mass is 32.1. The van der Waals surface area contributed by atoms with E-state index in [4.69, 9.17) is 9.15 Å². The molecule has 3 heterocycles. The fraction of sp³-hybridized carbons (Fsp3) is 0.269. The first-order valence-corrected chi connectivity index (χ1v) is 12.8. The second kappa shape index (κ2) is 9.89. The van der Waals surface area contributed by atoms with Gasteiger partial charge in [-0.25, -0.2) is 9.98 Å². The number of benzene rings is 2. The topological polar surface area (TPSA) is 115 Å². The van der Waals surface area contributed by atoms with Gasteiger partial charge in [0.15, 0.2) is 5.01 Å². The largest absolute Gasteiger partial charge is 0.443 e. The molecule has 1 aliphatic heterocycles. The molecule has 13 heteroatoms. The van der Waals surface area contributed by atoms with Gasteiger partial charge in [0.1, 0.15) is 5.69 Å². The molecule has 2 aromatic carbocycles. The maximum absolute atomic E-state index is 13.5. The number of methoxy groups -OCH3 is 1. The third kappa shape index (κ3) is 5.02. The summed E-state index contributed by atoms with van der Waals surface area (Å²) in [5.41, 5.74) is 2.66. The number of ether oxygens (including phenoxy) is 1. The predicted octanol–water partition coefficient (Wildman–Crippen LogP) is 5.19. The van der Waals surface area contributed by atoms with Crippen LogP contribution >= 0.6 is 11.3 Å². The molecule has 0 saturated heterocycles. The minimum atomic E-state index is -4.61. The summed E-state index contributed by atoms with van der Waals surface area (Å²) in [4.78, 5) is 22.0. The number of fused-ring (bicyclic) bond motifs is 1. The number of alkyl halides is 3. The lowest BCUT2D eigenvalue weighted by Gasteiger charge is -2.11. The van der Waals surface area contributed by atoms with E-state index in [2.05, 4.69) is 30.8 Å². The number of benzodiazepines with no additional fused rings is 1. The molecule has 4 aromatic rings. The van der Waals surface area contributed by atoms with Crippen molar-refractivity contribution in [1.82, 2.24) is 15.2 Å². The molecule has 2 N–H and O–H groups in total. The molecule has 9 nitrogen and oxygen atoms in total. The maximum Gasteiger partial charge on any atom is 0.443 e. The highest BCUT2D eigenvalue weighted by Crippen LogP contribution is 2.53. The zero-order valence-electron chi connectivity index (χ0n) is 20.4. The minimum Gasteiger partial charge on any atom is -0.402 e. The zero-order chi connectivity index (χ0) is 27.1. The molecular formula is C26H21F3N6O3S. The summed E-state index contributed by atoms with van der Waals surface area (Å²) < 4.78 is 51.3. The van der Waals surface area contributed by atoms with Crippen LogP contribution in [0.4, 0.5) is 24.9 Å². The van der Waals surface area contributed by atoms with E-state index in [1.165, 1.54) is 0 Å². The first-order chi connectivity index (χ1) is 18.8. The fourth-order valence-corrected chi connectivity index (χ4v) is 5.63. The fourth-order valence-electron chi connectivity index (χ4n) is 4.50. The van der Waals surface area contributed by atoms with Gasteiger partial charge in [-0.05, 0) is 18.4 Å². The van der Waals surface area contributed by atoms with E-state index in [0.29, 0.717) is 40.6 Å². The van der Waals surface area contributed by atoms with Gasteiger partial charge < -0.3 is 19.8 Å². The number of halogens is 3. The third-order valence-electron chi connectivity index (χ3n) is 6.42. The Hall–Kier alpha value is -4.10. The number of thiazole rings is 1. The number of aliphatic imine (C=N–C) groups is 1. The van der Waals surface area contributed by atoms with Crippen molar-refractivity contribution < 1.29 is 27.1 Å². The third-order valence-corrected chi connectivity index (χ3v) is 7.65. The molecule has 0 radical (unpaired) electrons.